The summed E-state index contributed by atoms with van der Waals surface area (Å²) in [6, 6.07) is 0. The predicted molar refractivity (Wildman–Crippen MR) is 169 cm³/mol. The van der Waals surface area contributed by atoms with E-state index in [9.17, 15) is 0 Å². The second-order valence-electron chi connectivity index (χ2n) is 14.8. The van der Waals surface area contributed by atoms with E-state index in [4.69, 9.17) is 0 Å². The summed E-state index contributed by atoms with van der Waals surface area (Å²) in [7, 11) is 36.7. The molecular weight excluding hydrogens is 320 g/mol. The Balaban J connectivity index is 3.18. The van der Waals surface area contributed by atoms with Crippen LogP contribution in [-0.4, -0.2) is 110 Å². The minimum atomic E-state index is 0.181. The van der Waals surface area contributed by atoms with Gasteiger partial charge in [0.05, 0.1) is 62.8 Å². The number of hydrogen-bond acceptors (Lipinski definition) is 0. The molecule has 0 aromatic heterocycles. The molecule has 0 aliphatic heterocycles. The summed E-state index contributed by atoms with van der Waals surface area (Å²) in [6.45, 7) is 7.46. The van der Waals surface area contributed by atoms with Crippen molar-refractivity contribution in [1.82, 2.24) is 0 Å². The van der Waals surface area contributed by atoms with Crippen molar-refractivity contribution in [1.29, 1.82) is 0 Å². The molecule has 0 aromatic carbocycles. The zero-order valence-corrected chi connectivity index (χ0v) is 22.7. The van der Waals surface area contributed by atoms with Gasteiger partial charge in [-0.3, -0.25) is 0 Å². The van der Waals surface area contributed by atoms with Gasteiger partial charge in [0.15, 0.2) is 0 Å². The Morgan fingerprint density at radius 1 is 0.607 bits per heavy atom. The van der Waals surface area contributed by atoms with E-state index in [0.717, 1.165) is 0 Å². The average molecular weight is 360 g/mol. The molecule has 28 heavy (non-hydrogen) atoms. The molecule has 2 saturated carbocycles. The van der Waals surface area contributed by atoms with Crippen LogP contribution in [0.3, 0.4) is 0 Å². The highest BCUT2D eigenvalue weighted by atomic mass is 14.7. The molecule has 2 rings (SSSR count). The molecule has 14 heteroatoms. The van der Waals surface area contributed by atoms with Crippen LogP contribution < -0.4 is 0 Å². The van der Waals surface area contributed by atoms with E-state index in [0.29, 0.717) is 17.5 Å². The van der Waals surface area contributed by atoms with Gasteiger partial charge in [-0.15, -0.1) is 0 Å². The second-order valence-corrected chi connectivity index (χ2v) is 14.8. The zero-order chi connectivity index (χ0) is 22.7. The van der Waals surface area contributed by atoms with Crippen molar-refractivity contribution in [2.45, 2.75) is 75.0 Å². The van der Waals surface area contributed by atoms with Crippen LogP contribution in [0, 0.1) is 5.41 Å². The largest absolute Gasteiger partial charge is 0.107 e. The van der Waals surface area contributed by atoms with Gasteiger partial charge in [-0.1, -0.05) is 75.0 Å². The maximum Gasteiger partial charge on any atom is 0.107 e. The first-order valence-electron chi connectivity index (χ1n) is 12.0. The summed E-state index contributed by atoms with van der Waals surface area (Å²) in [5.41, 5.74) is 0.230. The molecule has 2 aliphatic rings. The van der Waals surface area contributed by atoms with E-state index in [1.165, 1.54) is 0 Å². The third-order valence-corrected chi connectivity index (χ3v) is 14.0. The Bertz CT molecular complexity index is 665. The molecule has 0 N–H and O–H groups in total. The molecule has 138 valence electrons. The van der Waals surface area contributed by atoms with Gasteiger partial charge in [-0.25, -0.2) is 0 Å². The molecule has 0 spiro atoms. The zero-order valence-electron chi connectivity index (χ0n) is 22.7. The fourth-order valence-corrected chi connectivity index (χ4v) is 9.71. The summed E-state index contributed by atoms with van der Waals surface area (Å²) in [4.78, 5) is 0. The van der Waals surface area contributed by atoms with Gasteiger partial charge in [-0.05, 0) is 5.41 Å². The SMILES string of the molecule is BC1C(B)C2(B)C(B)(B)C(B)C(B)(B)C(B)(C1(B)B)C2(B)C(B)(B)C(C)(C)C. The lowest BCUT2D eigenvalue weighted by Crippen LogP contribution is -2.73. The number of rotatable bonds is 1. The molecule has 0 radical (unpaired) electrons. The van der Waals surface area contributed by atoms with Gasteiger partial charge < -0.3 is 0 Å². The number of hydrogen-bond donors (Lipinski definition) is 0. The van der Waals surface area contributed by atoms with E-state index < -0.39 is 0 Å². The maximum atomic E-state index is 2.72. The summed E-state index contributed by atoms with van der Waals surface area (Å²) in [6.07, 6.45) is 0. The third-order valence-electron chi connectivity index (χ3n) is 14.0. The van der Waals surface area contributed by atoms with Crippen LogP contribution in [0.1, 0.15) is 20.8 Å². The van der Waals surface area contributed by atoms with Crippen LogP contribution in [0.25, 0.3) is 0 Å². The quantitative estimate of drug-likeness (QED) is 0.408. The van der Waals surface area contributed by atoms with Gasteiger partial charge >= 0.3 is 0 Å². The van der Waals surface area contributed by atoms with Gasteiger partial charge in [0.1, 0.15) is 47.1 Å². The van der Waals surface area contributed by atoms with Crippen LogP contribution in [0.4, 0.5) is 0 Å². The number of fused-ring (bicyclic) bond motifs is 2. The van der Waals surface area contributed by atoms with Crippen LogP contribution in [0.2, 0.25) is 54.2 Å². The second kappa shape index (κ2) is 6.03. The minimum Gasteiger partial charge on any atom is -0.0918 e. The van der Waals surface area contributed by atoms with Crippen LogP contribution in [0.5, 0.6) is 0 Å². The van der Waals surface area contributed by atoms with Gasteiger partial charge in [0, 0.05) is 0 Å². The smallest absolute Gasteiger partial charge is 0.0918 e. The van der Waals surface area contributed by atoms with Gasteiger partial charge in [-0.2, -0.15) is 0 Å². The summed E-state index contributed by atoms with van der Waals surface area (Å²) >= 11 is 0. The molecule has 0 amide bonds. The van der Waals surface area contributed by atoms with Gasteiger partial charge in [0.25, 0.3) is 0 Å². The Morgan fingerprint density at radius 2 is 1.00 bits per heavy atom. The fourth-order valence-electron chi connectivity index (χ4n) is 9.71. The Kier molecular flexibility index (Phi) is 5.42. The van der Waals surface area contributed by atoms with E-state index in [2.05, 4.69) is 131 Å². The van der Waals surface area contributed by atoms with Crippen molar-refractivity contribution >= 4 is 110 Å². The highest BCUT2D eigenvalue weighted by molar-refractivity contribution is 6.65. The summed E-state index contributed by atoms with van der Waals surface area (Å²) < 4.78 is 0. The lowest BCUT2D eigenvalue weighted by atomic mass is 8.93. The van der Waals surface area contributed by atoms with E-state index in [1.54, 1.807) is 0 Å². The Morgan fingerprint density at radius 3 is 1.36 bits per heavy atom. The Labute approximate surface area is 190 Å². The van der Waals surface area contributed by atoms with E-state index >= 15 is 0 Å². The lowest BCUT2D eigenvalue weighted by Gasteiger charge is -2.90. The first kappa shape index (κ1) is 25.2. The highest BCUT2D eigenvalue weighted by Crippen LogP contribution is 3.00. The molecule has 2 bridgehead atoms. The standard InChI is InChI=1S/C14H40B14/c1-7(2,3)14(27,28)12(25)8(18)4(15)5(16)9(19,20)13(12,26)11(23,24)6(17)10(8,21)22/h4-6H,15-28H2,1-3H3. The topological polar surface area (TPSA) is 0 Å². The Hall–Kier alpha value is 0.909. The van der Waals surface area contributed by atoms with Crippen molar-refractivity contribution < 1.29 is 0 Å². The van der Waals surface area contributed by atoms with Crippen molar-refractivity contribution in [2.75, 3.05) is 0 Å². The maximum absolute atomic E-state index is 2.72. The first-order chi connectivity index (χ1) is 12.0. The molecule has 2 fully saturated rings. The van der Waals surface area contributed by atoms with Crippen molar-refractivity contribution in [3.05, 3.63) is 0 Å². The van der Waals surface area contributed by atoms with Gasteiger partial charge in [0.2, 0.25) is 0 Å². The predicted octanol–water partition coefficient (Wildman–Crippen LogP) is -8.77. The molecule has 2 aliphatic carbocycles. The third kappa shape index (κ3) is 2.14. The first-order valence-corrected chi connectivity index (χ1v) is 12.0. The minimum absolute atomic E-state index is 0.181. The monoisotopic (exact) mass is 362 g/mol. The lowest BCUT2D eigenvalue weighted by molar-refractivity contribution is 0.0582. The molecule has 0 saturated heterocycles. The van der Waals surface area contributed by atoms with Crippen molar-refractivity contribution in [3.8, 4) is 0 Å². The van der Waals surface area contributed by atoms with Crippen molar-refractivity contribution in [2.24, 2.45) is 5.41 Å². The van der Waals surface area contributed by atoms with Crippen molar-refractivity contribution in [3.63, 3.8) is 0 Å². The summed E-state index contributed by atoms with van der Waals surface area (Å²) in [5, 5.41) is 1.58. The van der Waals surface area contributed by atoms with Crippen LogP contribution in [0.15, 0.2) is 0 Å². The molecule has 0 aromatic rings. The molecule has 6 atom stereocenters. The summed E-state index contributed by atoms with van der Waals surface area (Å²) in [5.74, 6) is 2.03. The van der Waals surface area contributed by atoms with E-state index in [-0.39, 0.29) is 42.2 Å². The molecular formula is C14H40B14. The normalized spacial score (nSPS) is 47.2. The van der Waals surface area contributed by atoms with Crippen LogP contribution in [-0.2, 0) is 0 Å². The molecule has 0 heterocycles. The average Bonchev–Trinajstić information content (AvgIpc) is 2.53. The van der Waals surface area contributed by atoms with E-state index in [1.807, 2.05) is 0 Å². The fraction of sp³-hybridized carbons (Fsp3) is 1.00. The molecule has 6 unspecified atom stereocenters. The molecule has 0 nitrogen and oxygen atoms in total. The highest BCUT2D eigenvalue weighted by Gasteiger charge is 2.81. The van der Waals surface area contributed by atoms with Crippen LogP contribution >= 0.6 is 0 Å².